The molecule has 0 aromatic heterocycles. The Morgan fingerprint density at radius 1 is 1.21 bits per heavy atom. The Morgan fingerprint density at radius 2 is 1.97 bits per heavy atom. The summed E-state index contributed by atoms with van der Waals surface area (Å²) < 4.78 is 13.6. The van der Waals surface area contributed by atoms with Crippen molar-refractivity contribution in [2.24, 2.45) is 17.6 Å². The first-order valence-corrected chi connectivity index (χ1v) is 9.50. The molecule has 1 fully saturated rings. The van der Waals surface area contributed by atoms with Gasteiger partial charge in [-0.3, -0.25) is 9.59 Å². The molecule has 0 amide bonds. The number of carbonyl (C=O) groups excluding carboxylic acids is 2. The van der Waals surface area contributed by atoms with Gasteiger partial charge in [0.1, 0.15) is 23.6 Å². The summed E-state index contributed by atoms with van der Waals surface area (Å²) in [5, 5.41) is 13.6. The van der Waals surface area contributed by atoms with Crippen LogP contribution in [-0.2, 0) is 9.59 Å². The van der Waals surface area contributed by atoms with E-state index in [1.807, 2.05) is 12.1 Å². The van der Waals surface area contributed by atoms with E-state index < -0.39 is 34.9 Å². The Hall–Kier alpha value is -3.06. The fraction of sp³-hybridized carbons (Fsp3) is 0.318. The van der Waals surface area contributed by atoms with Crippen molar-refractivity contribution in [2.45, 2.75) is 30.3 Å². The highest BCUT2D eigenvalue weighted by atomic mass is 19.1. The number of carbonyl (C=O) groups is 3. The van der Waals surface area contributed by atoms with E-state index in [1.54, 1.807) is 12.1 Å². The molecule has 1 saturated carbocycles. The van der Waals surface area contributed by atoms with E-state index in [9.17, 15) is 23.9 Å². The first-order valence-electron chi connectivity index (χ1n) is 9.50. The lowest BCUT2D eigenvalue weighted by molar-refractivity contribution is -0.149. The molecule has 5 atom stereocenters. The molecule has 0 saturated heterocycles. The average Bonchev–Trinajstić information content (AvgIpc) is 2.69. The zero-order valence-corrected chi connectivity index (χ0v) is 15.5. The van der Waals surface area contributed by atoms with Crippen LogP contribution in [0.1, 0.15) is 34.7 Å². The Morgan fingerprint density at radius 3 is 2.59 bits per heavy atom. The maximum Gasteiger partial charge on any atom is 0.325 e. The number of Topliss-reactive ketones (excluding diaryl/α,β-unsaturated/α-hetero) is 1. The van der Waals surface area contributed by atoms with Crippen LogP contribution in [0.3, 0.4) is 0 Å². The summed E-state index contributed by atoms with van der Waals surface area (Å²) in [7, 11) is 0. The van der Waals surface area contributed by atoms with Crippen molar-refractivity contribution in [2.75, 3.05) is 5.32 Å². The number of fused-ring (bicyclic) bond motifs is 2. The number of nitrogens with one attached hydrogen (secondary N) is 1. The van der Waals surface area contributed by atoms with Gasteiger partial charge in [0.2, 0.25) is 0 Å². The molecular formula is C22H21FN2O4. The van der Waals surface area contributed by atoms with Gasteiger partial charge in [-0.25, -0.2) is 4.39 Å². The summed E-state index contributed by atoms with van der Waals surface area (Å²) >= 11 is 0. The smallest absolute Gasteiger partial charge is 0.325 e. The van der Waals surface area contributed by atoms with Crippen molar-refractivity contribution < 1.29 is 23.9 Å². The number of aldehydes is 1. The number of benzene rings is 2. The molecule has 150 valence electrons. The van der Waals surface area contributed by atoms with Gasteiger partial charge in [0.15, 0.2) is 5.78 Å². The predicted octanol–water partition coefficient (Wildman–Crippen LogP) is 2.59. The number of carboxylic acid groups (broad SMARTS) is 1. The second-order valence-corrected chi connectivity index (χ2v) is 7.78. The van der Waals surface area contributed by atoms with Gasteiger partial charge in [0.25, 0.3) is 0 Å². The highest BCUT2D eigenvalue weighted by molar-refractivity contribution is 6.10. The number of nitrogens with two attached hydrogens (primary N) is 1. The zero-order valence-electron chi connectivity index (χ0n) is 15.5. The Kier molecular flexibility index (Phi) is 4.70. The maximum atomic E-state index is 13.6. The lowest BCUT2D eigenvalue weighted by Crippen LogP contribution is -2.66. The third-order valence-corrected chi connectivity index (χ3v) is 6.32. The summed E-state index contributed by atoms with van der Waals surface area (Å²) in [6.45, 7) is 0. The average molecular weight is 396 g/mol. The highest BCUT2D eigenvalue weighted by Crippen LogP contribution is 2.53. The van der Waals surface area contributed by atoms with Crippen molar-refractivity contribution >= 4 is 23.7 Å². The van der Waals surface area contributed by atoms with E-state index >= 15 is 0 Å². The lowest BCUT2D eigenvalue weighted by atomic mass is 9.56. The van der Waals surface area contributed by atoms with Crippen LogP contribution in [0.4, 0.5) is 10.1 Å². The number of anilines is 1. The number of aliphatic carboxylic acids is 1. The molecule has 2 aromatic rings. The molecule has 4 N–H and O–H groups in total. The third kappa shape index (κ3) is 2.93. The standard InChI is InChI=1S/C22H21FN2O4/c23-13-5-3-4-12(10-13)20(27)16(11-26)22(24,21(28)29)19-14-6-1-2-7-17(14)25-18-9-8-15(18)19/h1-7,10-11,15-16,18-19,25H,8-9,24H2,(H,28,29). The van der Waals surface area contributed by atoms with E-state index in [2.05, 4.69) is 5.32 Å². The van der Waals surface area contributed by atoms with Crippen LogP contribution in [-0.4, -0.2) is 34.7 Å². The first-order chi connectivity index (χ1) is 13.9. The maximum absolute atomic E-state index is 13.6. The molecule has 5 unspecified atom stereocenters. The minimum Gasteiger partial charge on any atom is -0.480 e. The molecule has 1 heterocycles. The van der Waals surface area contributed by atoms with E-state index in [-0.39, 0.29) is 17.5 Å². The van der Waals surface area contributed by atoms with E-state index in [1.165, 1.54) is 18.2 Å². The molecule has 0 radical (unpaired) electrons. The molecule has 4 rings (SSSR count). The van der Waals surface area contributed by atoms with Crippen LogP contribution in [0.2, 0.25) is 0 Å². The largest absolute Gasteiger partial charge is 0.480 e. The molecular weight excluding hydrogens is 375 g/mol. The molecule has 2 aliphatic rings. The first kappa shape index (κ1) is 19.3. The number of carboxylic acids is 1. The lowest BCUT2D eigenvalue weighted by Gasteiger charge is -2.53. The number of ketones is 1. The normalized spacial score (nSPS) is 25.2. The molecule has 2 aromatic carbocycles. The topological polar surface area (TPSA) is 109 Å². The van der Waals surface area contributed by atoms with E-state index in [4.69, 9.17) is 5.73 Å². The van der Waals surface area contributed by atoms with Gasteiger partial charge in [-0.1, -0.05) is 30.3 Å². The van der Waals surface area contributed by atoms with Crippen molar-refractivity contribution in [1.29, 1.82) is 0 Å². The van der Waals surface area contributed by atoms with Gasteiger partial charge in [-0.2, -0.15) is 0 Å². The molecule has 0 spiro atoms. The van der Waals surface area contributed by atoms with Gasteiger partial charge in [0, 0.05) is 23.2 Å². The Labute approximate surface area is 166 Å². The fourth-order valence-electron chi connectivity index (χ4n) is 4.72. The quantitative estimate of drug-likeness (QED) is 0.393. The van der Waals surface area contributed by atoms with Crippen LogP contribution in [0, 0.1) is 17.7 Å². The molecule has 0 bridgehead atoms. The van der Waals surface area contributed by atoms with Crippen molar-refractivity contribution in [1.82, 2.24) is 0 Å². The predicted molar refractivity (Wildman–Crippen MR) is 104 cm³/mol. The number of para-hydroxylation sites is 1. The van der Waals surface area contributed by atoms with Crippen LogP contribution in [0.15, 0.2) is 48.5 Å². The van der Waals surface area contributed by atoms with Crippen LogP contribution < -0.4 is 11.1 Å². The number of halogens is 1. The van der Waals surface area contributed by atoms with Crippen LogP contribution >= 0.6 is 0 Å². The second-order valence-electron chi connectivity index (χ2n) is 7.78. The van der Waals surface area contributed by atoms with Gasteiger partial charge in [-0.05, 0) is 42.5 Å². The van der Waals surface area contributed by atoms with Crippen LogP contribution in [0.5, 0.6) is 0 Å². The summed E-state index contributed by atoms with van der Waals surface area (Å²) in [5.41, 5.74) is 5.68. The van der Waals surface area contributed by atoms with Crippen molar-refractivity contribution in [3.63, 3.8) is 0 Å². The minimum absolute atomic E-state index is 0.0359. The number of hydrogen-bond donors (Lipinski definition) is 3. The summed E-state index contributed by atoms with van der Waals surface area (Å²) in [6.07, 6.45) is 1.89. The Bertz CT molecular complexity index is 994. The molecule has 1 aliphatic heterocycles. The van der Waals surface area contributed by atoms with Gasteiger partial charge < -0.3 is 21.0 Å². The third-order valence-electron chi connectivity index (χ3n) is 6.32. The van der Waals surface area contributed by atoms with E-state index in [0.717, 1.165) is 24.6 Å². The van der Waals surface area contributed by atoms with Crippen molar-refractivity contribution in [3.8, 4) is 0 Å². The zero-order chi connectivity index (χ0) is 20.8. The summed E-state index contributed by atoms with van der Waals surface area (Å²) in [5.74, 6) is -5.37. The van der Waals surface area contributed by atoms with Gasteiger partial charge >= 0.3 is 5.97 Å². The van der Waals surface area contributed by atoms with E-state index in [0.29, 0.717) is 11.8 Å². The van der Waals surface area contributed by atoms with Gasteiger partial charge in [0.05, 0.1) is 0 Å². The highest BCUT2D eigenvalue weighted by Gasteiger charge is 2.59. The second kappa shape index (κ2) is 7.08. The Balaban J connectivity index is 1.84. The molecule has 7 heteroatoms. The number of hydrogen-bond acceptors (Lipinski definition) is 5. The SMILES string of the molecule is NC(C(=O)O)(C(C=O)C(=O)c1cccc(F)c1)C1c2ccccc2NC2CCC21. The van der Waals surface area contributed by atoms with Gasteiger partial charge in [-0.15, -0.1) is 0 Å². The monoisotopic (exact) mass is 396 g/mol. The summed E-state index contributed by atoms with van der Waals surface area (Å²) in [4.78, 5) is 37.6. The molecule has 1 aliphatic carbocycles. The minimum atomic E-state index is -2.16. The molecule has 6 nitrogen and oxygen atoms in total. The van der Waals surface area contributed by atoms with Crippen LogP contribution in [0.25, 0.3) is 0 Å². The summed E-state index contributed by atoms with van der Waals surface area (Å²) in [6, 6.07) is 12.1. The molecule has 29 heavy (non-hydrogen) atoms. The fourth-order valence-corrected chi connectivity index (χ4v) is 4.72. The number of rotatable bonds is 6. The van der Waals surface area contributed by atoms with Crippen molar-refractivity contribution in [3.05, 3.63) is 65.5 Å².